The first-order valence-electron chi connectivity index (χ1n) is 6.52. The maximum Gasteiger partial charge on any atom is 0.457 e. The van der Waals surface area contributed by atoms with Crippen LogP contribution in [0.3, 0.4) is 0 Å². The van der Waals surface area contributed by atoms with Crippen LogP contribution in [0.5, 0.6) is 0 Å². The summed E-state index contributed by atoms with van der Waals surface area (Å²) in [6.07, 6.45) is -16.4. The van der Waals surface area contributed by atoms with Crippen LogP contribution in [0.1, 0.15) is 13.8 Å². The van der Waals surface area contributed by atoms with Gasteiger partial charge in [0, 0.05) is 0 Å². The number of carbonyl (C=O) groups is 1. The number of amidine groups is 3. The Morgan fingerprint density at radius 3 is 0.618 bits per heavy atom. The zero-order valence-corrected chi connectivity index (χ0v) is 15.4. The molecule has 0 spiro atoms. The van der Waals surface area contributed by atoms with Crippen molar-refractivity contribution >= 4 is 23.3 Å². The molecular weight excluding hydrogens is 550 g/mol. The number of ketones is 1. The lowest BCUT2D eigenvalue weighted by molar-refractivity contribution is -0.137. The van der Waals surface area contributed by atoms with Crippen molar-refractivity contribution in [1.29, 1.82) is 0 Å². The Morgan fingerprint density at radius 2 is 0.618 bits per heavy atom. The van der Waals surface area contributed by atoms with Crippen molar-refractivity contribution in [2.45, 2.75) is 32.4 Å². The molecular formula is C9H6F18N6O. The van der Waals surface area contributed by atoms with Gasteiger partial charge in [0.2, 0.25) is 0 Å². The van der Waals surface area contributed by atoms with E-state index < -0.39 is 52.1 Å². The summed E-state index contributed by atoms with van der Waals surface area (Å²) in [7, 11) is 0. The van der Waals surface area contributed by atoms with E-state index in [9.17, 15) is 84.6 Å². The van der Waals surface area contributed by atoms with Gasteiger partial charge in [-0.25, -0.2) is 0 Å². The van der Waals surface area contributed by atoms with Gasteiger partial charge in [-0.2, -0.15) is 39.5 Å². The fraction of sp³-hybridized carbons (Fsp3) is 0.556. The van der Waals surface area contributed by atoms with Crippen LogP contribution in [-0.2, 0) is 4.79 Å². The van der Waals surface area contributed by atoms with Gasteiger partial charge < -0.3 is 4.79 Å². The molecule has 0 N–H and O–H groups in total. The molecule has 0 radical (unpaired) electrons. The van der Waals surface area contributed by atoms with E-state index in [2.05, 4.69) is 0 Å². The van der Waals surface area contributed by atoms with Crippen LogP contribution in [0.15, 0.2) is 15.6 Å². The second kappa shape index (κ2) is 16.4. The summed E-state index contributed by atoms with van der Waals surface area (Å²) in [5.41, 5.74) is 0. The van der Waals surface area contributed by atoms with Crippen LogP contribution in [0.4, 0.5) is 79.8 Å². The molecule has 0 saturated heterocycles. The largest absolute Gasteiger partial charge is 0.457 e. The summed E-state index contributed by atoms with van der Waals surface area (Å²) >= 11 is 0. The molecule has 0 aromatic carbocycles. The molecule has 0 aromatic rings. The van der Waals surface area contributed by atoms with Crippen LogP contribution in [0.2, 0.25) is 0 Å². The third-order valence-corrected chi connectivity index (χ3v) is 1.48. The molecule has 0 bridgehead atoms. The molecule has 7 nitrogen and oxygen atoms in total. The van der Waals surface area contributed by atoms with Gasteiger partial charge in [0.1, 0.15) is 5.78 Å². The van der Waals surface area contributed by atoms with E-state index >= 15 is 0 Å². The second-order valence-corrected chi connectivity index (χ2v) is 4.32. The summed E-state index contributed by atoms with van der Waals surface area (Å²) < 4.78 is 198. The monoisotopic (exact) mass is 556 g/mol. The Kier molecular flexibility index (Phi) is 18.4. The molecule has 34 heavy (non-hydrogen) atoms. The Labute approximate surface area is 173 Å². The van der Waals surface area contributed by atoms with E-state index in [1.165, 1.54) is 13.8 Å². The number of rotatable bonds is 0. The van der Waals surface area contributed by atoms with Crippen LogP contribution >= 0.6 is 0 Å². The SMILES string of the molecule is CC(C)=O.FN=C(N(F)F)C(F)(F)F.FN=C(N(F)F)C(F)(F)F.FN=C(N(F)F)C(F)(F)F. The van der Waals surface area contributed by atoms with Gasteiger partial charge >= 0.3 is 36.0 Å². The van der Waals surface area contributed by atoms with Crippen LogP contribution in [0, 0.1) is 0 Å². The fourth-order valence-electron chi connectivity index (χ4n) is 0.517. The smallest absolute Gasteiger partial charge is 0.300 e. The van der Waals surface area contributed by atoms with Crippen molar-refractivity contribution in [2.24, 2.45) is 15.6 Å². The third kappa shape index (κ3) is 20.7. The Balaban J connectivity index is -0.000000184. The average molecular weight is 556 g/mol. The molecule has 0 aliphatic rings. The third-order valence-electron chi connectivity index (χ3n) is 1.48. The summed E-state index contributed by atoms with van der Waals surface area (Å²) in [5, 5.41) is -4.85. The fourth-order valence-corrected chi connectivity index (χ4v) is 0.517. The lowest BCUT2D eigenvalue weighted by Crippen LogP contribution is -2.31. The highest BCUT2D eigenvalue weighted by molar-refractivity contribution is 5.86. The highest BCUT2D eigenvalue weighted by Gasteiger charge is 2.44. The van der Waals surface area contributed by atoms with Gasteiger partial charge in [0.25, 0.3) is 0 Å². The van der Waals surface area contributed by atoms with Crippen molar-refractivity contribution in [3.8, 4) is 0 Å². The topological polar surface area (TPSA) is 63.9 Å². The zero-order valence-electron chi connectivity index (χ0n) is 15.4. The predicted molar refractivity (Wildman–Crippen MR) is 72.3 cm³/mol. The van der Waals surface area contributed by atoms with Crippen molar-refractivity contribution in [2.75, 3.05) is 0 Å². The highest BCUT2D eigenvalue weighted by Crippen LogP contribution is 2.22. The summed E-state index contributed by atoms with van der Waals surface area (Å²) in [4.78, 5) is 9.44. The molecule has 0 rings (SSSR count). The molecule has 204 valence electrons. The van der Waals surface area contributed by atoms with Gasteiger partial charge in [-0.05, 0) is 29.9 Å². The van der Waals surface area contributed by atoms with Crippen molar-refractivity contribution in [1.82, 2.24) is 16.0 Å². The first-order valence-corrected chi connectivity index (χ1v) is 6.52. The normalized spacial score (nSPS) is 12.8. The number of Topliss-reactive ketones (excluding diaryl/α,β-unsaturated/α-hetero) is 1. The number of nitrogens with zero attached hydrogens (tertiary/aromatic N) is 6. The zero-order chi connectivity index (χ0) is 28.7. The summed E-state index contributed by atoms with van der Waals surface area (Å²) in [5.74, 6) is -8.44. The van der Waals surface area contributed by atoms with Crippen molar-refractivity contribution in [3.63, 3.8) is 0 Å². The summed E-state index contributed by atoms with van der Waals surface area (Å²) in [6.45, 7) is 3.06. The van der Waals surface area contributed by atoms with Crippen LogP contribution in [-0.4, -0.2) is 57.9 Å². The quantitative estimate of drug-likeness (QED) is 0.152. The van der Waals surface area contributed by atoms with E-state index in [0.717, 1.165) is 15.6 Å². The van der Waals surface area contributed by atoms with Crippen molar-refractivity contribution in [3.05, 3.63) is 0 Å². The van der Waals surface area contributed by atoms with E-state index in [-0.39, 0.29) is 5.78 Å². The van der Waals surface area contributed by atoms with Crippen LogP contribution < -0.4 is 0 Å². The van der Waals surface area contributed by atoms with Gasteiger partial charge in [-0.3, -0.25) is 0 Å². The number of hydrogen-bond acceptors (Lipinski definition) is 4. The van der Waals surface area contributed by atoms with Gasteiger partial charge in [-0.15, -0.1) is 0 Å². The lowest BCUT2D eigenvalue weighted by atomic mass is 10.6. The Bertz CT molecular complexity index is 577. The Hall–Kier alpha value is -3.18. The number of halogens is 18. The molecule has 0 fully saturated rings. The summed E-state index contributed by atoms with van der Waals surface area (Å²) in [6, 6.07) is 0. The molecule has 0 heterocycles. The maximum absolute atomic E-state index is 11.1. The van der Waals surface area contributed by atoms with E-state index in [1.54, 1.807) is 0 Å². The molecule has 25 heteroatoms. The van der Waals surface area contributed by atoms with Crippen molar-refractivity contribution < 1.29 is 84.6 Å². The molecule has 0 atom stereocenters. The molecule has 0 unspecified atom stereocenters. The number of hydrogen-bond donors (Lipinski definition) is 0. The molecule has 0 aliphatic heterocycles. The van der Waals surface area contributed by atoms with Crippen LogP contribution in [0.25, 0.3) is 0 Å². The minimum Gasteiger partial charge on any atom is -0.300 e. The number of alkyl halides is 9. The van der Waals surface area contributed by atoms with E-state index in [4.69, 9.17) is 0 Å². The molecule has 0 aliphatic carbocycles. The van der Waals surface area contributed by atoms with E-state index in [0.29, 0.717) is 0 Å². The minimum atomic E-state index is -5.46. The highest BCUT2D eigenvalue weighted by atomic mass is 19.4. The van der Waals surface area contributed by atoms with E-state index in [1.807, 2.05) is 0 Å². The first-order chi connectivity index (χ1) is 14.9. The van der Waals surface area contributed by atoms with Gasteiger partial charge in [-0.1, -0.05) is 56.0 Å². The predicted octanol–water partition coefficient (Wildman–Crippen LogP) is 6.30. The second-order valence-electron chi connectivity index (χ2n) is 4.32. The maximum atomic E-state index is 11.1. The number of carbonyl (C=O) groups excluding carboxylic acids is 1. The first kappa shape index (κ1) is 38.1. The molecule has 0 saturated carbocycles. The van der Waals surface area contributed by atoms with Gasteiger partial charge in [0.05, 0.1) is 0 Å². The van der Waals surface area contributed by atoms with Gasteiger partial charge in [0.15, 0.2) is 0 Å². The molecule has 0 amide bonds. The molecule has 0 aromatic heterocycles. The standard InChI is InChI=1S/C3H6O.3C2F6N2/c1-3(2)4;3*3-2(4,5)1(9-6)10(7)8/h1-2H3;;;. The minimum absolute atomic E-state index is 0.167. The average Bonchev–Trinajstić information content (AvgIpc) is 2.51. The lowest BCUT2D eigenvalue weighted by Gasteiger charge is -2.06. The Morgan fingerprint density at radius 1 is 0.500 bits per heavy atom.